The monoisotopic (exact) mass is 1250 g/mol. The van der Waals surface area contributed by atoms with Crippen molar-refractivity contribution in [1.82, 2.24) is 36.1 Å². The van der Waals surface area contributed by atoms with Gasteiger partial charge in [0, 0.05) is 51.1 Å². The zero-order valence-corrected chi connectivity index (χ0v) is 51.7. The average Bonchev–Trinajstić information content (AvgIpc) is 4.02. The van der Waals surface area contributed by atoms with E-state index in [4.69, 9.17) is 34.9 Å². The molecule has 0 saturated carbocycles. The highest BCUT2D eigenvalue weighted by atomic mass is 31.3. The molecular weight excluding hydrogens is 1160 g/mol. The number of Topliss-reactive ketones (excluding diaryl/α,β-unsaturated/α-hetero) is 1. The largest absolute Gasteiger partial charge is 0.490 e. The van der Waals surface area contributed by atoms with E-state index < -0.39 is 131 Å². The van der Waals surface area contributed by atoms with Gasteiger partial charge in [0.25, 0.3) is 0 Å². The van der Waals surface area contributed by atoms with E-state index in [1.165, 1.54) is 12.3 Å². The summed E-state index contributed by atoms with van der Waals surface area (Å²) < 4.78 is 77.4. The maximum atomic E-state index is 14.1. The first-order valence-corrected chi connectivity index (χ1v) is 32.0. The maximum absolute atomic E-state index is 14.1. The first-order chi connectivity index (χ1) is 38.3. The third kappa shape index (κ3) is 34.2. The highest BCUT2D eigenvalue weighted by Crippen LogP contribution is 2.67. The maximum Gasteiger partial charge on any atom is 0.490 e. The lowest BCUT2D eigenvalue weighted by atomic mass is 9.91. The molecule has 1 fully saturated rings. The quantitative estimate of drug-likeness (QED) is 0.0237. The van der Waals surface area contributed by atoms with Gasteiger partial charge in [-0.3, -0.25) is 28.0 Å². The van der Waals surface area contributed by atoms with Crippen molar-refractivity contribution in [3.63, 3.8) is 0 Å². The Kier molecular flexibility index (Phi) is 31.5. The Hall–Kier alpha value is -4.61. The van der Waals surface area contributed by atoms with Crippen molar-refractivity contribution in [2.24, 2.45) is 11.7 Å². The highest BCUT2D eigenvalue weighted by molar-refractivity contribution is 7.66. The zero-order valence-electron chi connectivity index (χ0n) is 49.0. The average molecular weight is 1250 g/mol. The molecule has 7 unspecified atom stereocenters. The van der Waals surface area contributed by atoms with E-state index in [1.807, 2.05) is 0 Å². The molecule has 13 N–H and O–H groups in total. The van der Waals surface area contributed by atoms with Gasteiger partial charge in [-0.05, 0) is 133 Å². The number of rotatable bonds is 37. The van der Waals surface area contributed by atoms with Gasteiger partial charge in [-0.25, -0.2) is 32.9 Å². The molecular formula is C49H90N9O22P3. The number of ether oxygens (including phenoxy) is 4. The van der Waals surface area contributed by atoms with Gasteiger partial charge in [-0.15, -0.1) is 0 Å². The Balaban J connectivity index is 1.99. The first-order valence-electron chi connectivity index (χ1n) is 27.5. The molecule has 83 heavy (non-hydrogen) atoms. The Morgan fingerprint density at radius 2 is 1.14 bits per heavy atom. The minimum absolute atomic E-state index is 0.0702. The summed E-state index contributed by atoms with van der Waals surface area (Å²) in [5.41, 5.74) is 8.83. The molecule has 478 valence electrons. The summed E-state index contributed by atoms with van der Waals surface area (Å²) >= 11 is 0. The summed E-state index contributed by atoms with van der Waals surface area (Å²) in [6.07, 6.45) is -0.363. The predicted molar refractivity (Wildman–Crippen MR) is 300 cm³/mol. The van der Waals surface area contributed by atoms with Crippen molar-refractivity contribution >= 4 is 65.2 Å². The molecule has 1 aromatic rings. The molecule has 1 aliphatic rings. The van der Waals surface area contributed by atoms with Crippen molar-refractivity contribution in [3.05, 3.63) is 22.7 Å². The van der Waals surface area contributed by atoms with E-state index in [2.05, 4.69) is 44.7 Å². The van der Waals surface area contributed by atoms with Gasteiger partial charge in [0.05, 0.1) is 31.4 Å². The topological polar surface area (TPSA) is 455 Å². The number of nitrogens with one attached hydrogen (secondary N) is 5. The Bertz CT molecular complexity index is 2450. The van der Waals surface area contributed by atoms with Crippen molar-refractivity contribution in [1.29, 1.82) is 0 Å². The normalized spacial score (nSPS) is 18.9. The van der Waals surface area contributed by atoms with Gasteiger partial charge in [0.2, 0.25) is 11.8 Å². The Morgan fingerprint density at radius 1 is 0.675 bits per heavy atom. The van der Waals surface area contributed by atoms with Crippen LogP contribution in [0.1, 0.15) is 165 Å². The first kappa shape index (κ1) is 74.5. The number of ketones is 1. The number of hydrogen-bond acceptors (Lipinski definition) is 22. The molecule has 0 bridgehead atoms. The summed E-state index contributed by atoms with van der Waals surface area (Å²) in [4.78, 5) is 124. The lowest BCUT2D eigenvalue weighted by Crippen LogP contribution is -2.49. The minimum atomic E-state index is -5.83. The number of aliphatic hydroxyl groups excluding tert-OH is 1. The Labute approximate surface area is 484 Å². The molecule has 9 atom stereocenters. The number of hydrogen-bond donors (Lipinski definition) is 11. The second kappa shape index (κ2) is 35.1. The third-order valence-electron chi connectivity index (χ3n) is 11.5. The summed E-state index contributed by atoms with van der Waals surface area (Å²) in [7, 11) is -16.8. The molecule has 0 aliphatic carbocycles. The van der Waals surface area contributed by atoms with Crippen LogP contribution in [-0.2, 0) is 64.7 Å². The van der Waals surface area contributed by atoms with Gasteiger partial charge in [-0.2, -0.15) is 13.6 Å². The summed E-state index contributed by atoms with van der Waals surface area (Å²) in [6, 6.07) is -0.768. The van der Waals surface area contributed by atoms with Crippen LogP contribution in [-0.4, -0.2) is 146 Å². The SMILES string of the molecule is CC(C)(C)OC(=O)NCCCCC(N)C(=O)NC(CCCCNC(=O)OC(C)(C)C)C(=O)CC(CCCCNC(=O)OC(C)(C)C)C(=O)NCCCCCCOP(=O)(O)OP(=O)(O)OP(=O)(O)OC[C@H]1O[C@@H](n2ccc(N)nc2=O)CC1O. The number of nitrogens with zero attached hydrogens (tertiary/aromatic N) is 2. The summed E-state index contributed by atoms with van der Waals surface area (Å²) in [5, 5.41) is 23.9. The fraction of sp³-hybridized carbons (Fsp3) is 0.796. The fourth-order valence-electron chi connectivity index (χ4n) is 7.71. The van der Waals surface area contributed by atoms with Crippen LogP contribution in [0.25, 0.3) is 0 Å². The number of anilines is 1. The van der Waals surface area contributed by atoms with E-state index in [0.29, 0.717) is 57.8 Å². The number of aromatic nitrogens is 2. The minimum Gasteiger partial charge on any atom is -0.444 e. The molecule has 2 heterocycles. The molecule has 0 spiro atoms. The lowest BCUT2D eigenvalue weighted by molar-refractivity contribution is -0.132. The standard InChI is InChI=1S/C49H90N9O22P3/c1-47(2,3)76-44(64)53-25-16-12-20-33(30-36(59)35(22-14-18-27-55-46(66)78-49(7,8)9)56-42(62)34(50)21-13-17-26-54-45(65)77-48(4,5)6)41(61)52-24-15-10-11-19-29-73-81(67,68)79-83(71,72)80-82(69,70)74-32-38-37(60)31-40(75-38)58-28-23-39(51)57-43(58)63/h23,28,33-35,37-38,40,60H,10-22,24-27,29-32,50H2,1-9H3,(H,52,61)(H,53,64)(H,54,65)(H,55,66)(H,56,62)(H,67,68)(H,69,70)(H,71,72)(H2,51,57,63)/t33?,34?,35?,37?,38-,40-/m1/s1. The number of nitrogens with two attached hydrogens (primary N) is 2. The van der Waals surface area contributed by atoms with E-state index in [9.17, 15) is 67.0 Å². The molecule has 1 aromatic heterocycles. The van der Waals surface area contributed by atoms with Gasteiger partial charge < -0.3 is 76.8 Å². The number of aliphatic hydroxyl groups is 1. The number of phosphoric acid groups is 3. The van der Waals surface area contributed by atoms with E-state index in [-0.39, 0.29) is 70.5 Å². The fourth-order valence-corrected chi connectivity index (χ4v) is 11.3. The number of alkyl carbamates (subject to hydrolysis) is 3. The van der Waals surface area contributed by atoms with Gasteiger partial charge in [-0.1, -0.05) is 19.3 Å². The molecule has 5 amide bonds. The molecule has 34 heteroatoms. The third-order valence-corrected chi connectivity index (χ3v) is 15.8. The number of nitrogen functional groups attached to an aromatic ring is 1. The number of carbonyl (C=O) groups excluding carboxylic acids is 6. The zero-order chi connectivity index (χ0) is 62.8. The highest BCUT2D eigenvalue weighted by Gasteiger charge is 2.44. The molecule has 1 aliphatic heterocycles. The van der Waals surface area contributed by atoms with Crippen LogP contribution in [0.4, 0.5) is 20.2 Å². The molecule has 0 aromatic carbocycles. The number of unbranched alkanes of at least 4 members (excludes halogenated alkanes) is 6. The molecule has 31 nitrogen and oxygen atoms in total. The van der Waals surface area contributed by atoms with Crippen LogP contribution in [0.15, 0.2) is 17.1 Å². The van der Waals surface area contributed by atoms with Crippen LogP contribution in [0.3, 0.4) is 0 Å². The van der Waals surface area contributed by atoms with Crippen molar-refractivity contribution in [3.8, 4) is 0 Å². The smallest absolute Gasteiger partial charge is 0.444 e. The number of phosphoric ester groups is 2. The second-order valence-electron chi connectivity index (χ2n) is 22.7. The van der Waals surface area contributed by atoms with Gasteiger partial charge in [0.1, 0.15) is 35.0 Å². The predicted octanol–water partition coefficient (Wildman–Crippen LogP) is 4.99. The van der Waals surface area contributed by atoms with Crippen LogP contribution in [0.2, 0.25) is 0 Å². The van der Waals surface area contributed by atoms with Crippen LogP contribution < -0.4 is 43.7 Å². The molecule has 2 rings (SSSR count). The molecule has 1 saturated heterocycles. The second-order valence-corrected chi connectivity index (χ2v) is 27.3. The van der Waals surface area contributed by atoms with Gasteiger partial charge in [0.15, 0.2) is 5.78 Å². The summed E-state index contributed by atoms with van der Waals surface area (Å²) in [5.74, 6) is -2.43. The molecule has 0 radical (unpaired) electrons. The van der Waals surface area contributed by atoms with Crippen LogP contribution >= 0.6 is 23.5 Å². The number of carbonyl (C=O) groups is 6. The Morgan fingerprint density at radius 3 is 1.66 bits per heavy atom. The van der Waals surface area contributed by atoms with Crippen LogP contribution in [0, 0.1) is 5.92 Å². The van der Waals surface area contributed by atoms with E-state index in [0.717, 1.165) is 4.57 Å². The van der Waals surface area contributed by atoms with E-state index >= 15 is 0 Å². The van der Waals surface area contributed by atoms with E-state index in [1.54, 1.807) is 62.3 Å². The summed E-state index contributed by atoms with van der Waals surface area (Å²) in [6.45, 7) is 15.0. The van der Waals surface area contributed by atoms with Crippen molar-refractivity contribution in [2.45, 2.75) is 206 Å². The van der Waals surface area contributed by atoms with Crippen molar-refractivity contribution < 1.29 is 98.9 Å². The lowest BCUT2D eigenvalue weighted by Gasteiger charge is -2.23. The van der Waals surface area contributed by atoms with Crippen molar-refractivity contribution in [2.75, 3.05) is 45.1 Å². The van der Waals surface area contributed by atoms with Crippen LogP contribution in [0.5, 0.6) is 0 Å². The number of amides is 5. The van der Waals surface area contributed by atoms with Gasteiger partial charge >= 0.3 is 47.4 Å².